The molecule has 11 heteroatoms. The van der Waals surface area contributed by atoms with E-state index in [4.69, 9.17) is 19.2 Å². The topological polar surface area (TPSA) is 132 Å². The lowest BCUT2D eigenvalue weighted by molar-refractivity contribution is -0.135. The van der Waals surface area contributed by atoms with E-state index in [2.05, 4.69) is 16.0 Å². The second-order valence-corrected chi connectivity index (χ2v) is 14.2. The van der Waals surface area contributed by atoms with E-state index in [1.165, 1.54) is 24.8 Å². The number of aromatic nitrogens is 3. The van der Waals surface area contributed by atoms with Crippen LogP contribution in [0.4, 0.5) is 0 Å². The molecule has 3 aliphatic rings. The SMILES string of the molecule is Cn1c(C2(NC(=O)c3ccc4c(C5CCCCC5)c(-c5ccoc5)n(CC(=O)N5CCOCC5)c4c3)CCC2)nc2ccc(/C=C/C(=O)O)cc21. The molecule has 51 heavy (non-hydrogen) atoms. The van der Waals surface area contributed by atoms with E-state index in [1.807, 2.05) is 52.9 Å². The Morgan fingerprint density at radius 2 is 1.80 bits per heavy atom. The van der Waals surface area contributed by atoms with Gasteiger partial charge in [0.1, 0.15) is 12.4 Å². The van der Waals surface area contributed by atoms with Crippen molar-refractivity contribution < 1.29 is 28.6 Å². The van der Waals surface area contributed by atoms with Crippen molar-refractivity contribution >= 4 is 45.8 Å². The number of nitrogens with one attached hydrogen (secondary N) is 1. The molecule has 5 aromatic rings. The molecule has 0 spiro atoms. The fraction of sp³-hybridized carbons (Fsp3) is 0.400. The van der Waals surface area contributed by atoms with E-state index < -0.39 is 11.5 Å². The van der Waals surface area contributed by atoms with E-state index in [1.54, 1.807) is 18.6 Å². The summed E-state index contributed by atoms with van der Waals surface area (Å²) in [6.07, 6.45) is 14.3. The van der Waals surface area contributed by atoms with Gasteiger partial charge >= 0.3 is 5.97 Å². The van der Waals surface area contributed by atoms with Crippen molar-refractivity contribution in [2.75, 3.05) is 26.3 Å². The molecule has 2 aromatic carbocycles. The monoisotopic (exact) mass is 689 g/mol. The zero-order valence-electron chi connectivity index (χ0n) is 28.9. The molecule has 2 saturated carbocycles. The van der Waals surface area contributed by atoms with Crippen LogP contribution < -0.4 is 5.32 Å². The minimum Gasteiger partial charge on any atom is -0.478 e. The third kappa shape index (κ3) is 6.13. The van der Waals surface area contributed by atoms with Gasteiger partial charge < -0.3 is 33.6 Å². The number of hydrogen-bond acceptors (Lipinski definition) is 6. The molecule has 2 amide bonds. The molecule has 2 N–H and O–H groups in total. The lowest BCUT2D eigenvalue weighted by Crippen LogP contribution is -2.52. The van der Waals surface area contributed by atoms with Gasteiger partial charge in [0.05, 0.1) is 53.5 Å². The van der Waals surface area contributed by atoms with Gasteiger partial charge in [-0.25, -0.2) is 9.78 Å². The molecule has 0 atom stereocenters. The van der Waals surface area contributed by atoms with Crippen molar-refractivity contribution in [3.8, 4) is 11.3 Å². The number of furan rings is 1. The summed E-state index contributed by atoms with van der Waals surface area (Å²) in [7, 11) is 1.94. The first kappa shape index (κ1) is 33.0. The van der Waals surface area contributed by atoms with Crippen molar-refractivity contribution in [1.29, 1.82) is 0 Å². The minimum atomic E-state index is -1.01. The van der Waals surface area contributed by atoms with Crippen molar-refractivity contribution in [1.82, 2.24) is 24.3 Å². The van der Waals surface area contributed by atoms with Gasteiger partial charge in [0.2, 0.25) is 5.91 Å². The Balaban J connectivity index is 1.18. The van der Waals surface area contributed by atoms with E-state index >= 15 is 0 Å². The van der Waals surface area contributed by atoms with Crippen LogP contribution in [0.5, 0.6) is 0 Å². The molecule has 1 saturated heterocycles. The number of hydrogen-bond donors (Lipinski definition) is 2. The van der Waals surface area contributed by atoms with E-state index in [-0.39, 0.29) is 18.4 Å². The van der Waals surface area contributed by atoms with Crippen molar-refractivity contribution in [2.45, 2.75) is 69.4 Å². The first-order valence-corrected chi connectivity index (χ1v) is 18.1. The molecular formula is C40H43N5O6. The largest absolute Gasteiger partial charge is 0.478 e. The lowest BCUT2D eigenvalue weighted by atomic mass is 9.75. The number of carboxylic acids is 1. The van der Waals surface area contributed by atoms with Gasteiger partial charge in [-0.05, 0) is 85.6 Å². The Bertz CT molecular complexity index is 2140. The summed E-state index contributed by atoms with van der Waals surface area (Å²) in [6, 6.07) is 13.6. The van der Waals surface area contributed by atoms with Crippen molar-refractivity contribution in [3.63, 3.8) is 0 Å². The first-order valence-electron chi connectivity index (χ1n) is 18.1. The number of carbonyl (C=O) groups is 3. The minimum absolute atomic E-state index is 0.0295. The van der Waals surface area contributed by atoms with E-state index in [0.717, 1.165) is 82.8 Å². The number of aryl methyl sites for hydroxylation is 1. The van der Waals surface area contributed by atoms with Gasteiger partial charge in [-0.15, -0.1) is 0 Å². The van der Waals surface area contributed by atoms with Crippen LogP contribution >= 0.6 is 0 Å². The Morgan fingerprint density at radius 3 is 2.51 bits per heavy atom. The van der Waals surface area contributed by atoms with Gasteiger partial charge in [-0.1, -0.05) is 31.4 Å². The number of ether oxygens (including phenoxy) is 1. The highest BCUT2D eigenvalue weighted by molar-refractivity contribution is 6.01. The van der Waals surface area contributed by atoms with Crippen LogP contribution in [0, 0.1) is 0 Å². The Labute approximate surface area is 295 Å². The number of nitrogens with zero attached hydrogens (tertiary/aromatic N) is 4. The third-order valence-electron chi connectivity index (χ3n) is 11.1. The van der Waals surface area contributed by atoms with Gasteiger partial charge in [-0.3, -0.25) is 9.59 Å². The number of imidazole rings is 1. The number of amides is 2. The predicted molar refractivity (Wildman–Crippen MR) is 193 cm³/mol. The zero-order valence-corrected chi connectivity index (χ0v) is 28.9. The highest BCUT2D eigenvalue weighted by atomic mass is 16.5. The van der Waals surface area contributed by atoms with Crippen LogP contribution in [-0.2, 0) is 33.5 Å². The zero-order chi connectivity index (χ0) is 35.1. The van der Waals surface area contributed by atoms with Crippen molar-refractivity contribution in [2.24, 2.45) is 7.05 Å². The summed E-state index contributed by atoms with van der Waals surface area (Å²) in [5, 5.41) is 13.5. The highest BCUT2D eigenvalue weighted by Gasteiger charge is 2.44. The van der Waals surface area contributed by atoms with Crippen LogP contribution in [0.25, 0.3) is 39.3 Å². The van der Waals surface area contributed by atoms with E-state index in [0.29, 0.717) is 37.8 Å². The summed E-state index contributed by atoms with van der Waals surface area (Å²) in [6.45, 7) is 2.34. The lowest BCUT2D eigenvalue weighted by Gasteiger charge is -2.41. The fourth-order valence-corrected chi connectivity index (χ4v) is 8.38. The highest BCUT2D eigenvalue weighted by Crippen LogP contribution is 2.45. The van der Waals surface area contributed by atoms with Gasteiger partial charge in [0.15, 0.2) is 0 Å². The maximum atomic E-state index is 14.3. The molecule has 11 nitrogen and oxygen atoms in total. The molecule has 3 fully saturated rings. The fourth-order valence-electron chi connectivity index (χ4n) is 8.38. The molecule has 8 rings (SSSR count). The Kier molecular flexibility index (Phi) is 8.75. The van der Waals surface area contributed by atoms with Crippen LogP contribution in [0.15, 0.2) is 65.5 Å². The first-order chi connectivity index (χ1) is 24.8. The normalized spacial score (nSPS) is 18.0. The number of rotatable bonds is 9. The quantitative estimate of drug-likeness (QED) is 0.167. The van der Waals surface area contributed by atoms with Crippen molar-refractivity contribution in [3.05, 3.63) is 83.6 Å². The molecule has 0 radical (unpaired) electrons. The summed E-state index contributed by atoms with van der Waals surface area (Å²) in [5.74, 6) is -0.0405. The molecule has 4 heterocycles. The number of carboxylic acid groups (broad SMARTS) is 1. The molecule has 1 aliphatic heterocycles. The summed E-state index contributed by atoms with van der Waals surface area (Å²) in [4.78, 5) is 46.0. The molecular weight excluding hydrogens is 646 g/mol. The third-order valence-corrected chi connectivity index (χ3v) is 11.1. The number of benzene rings is 2. The standard InChI is InChI=1S/C40H43N5O6/c1-43-33-22-26(9-13-35(47)48)8-12-31(33)41-39(43)40(15-5-16-40)42-38(49)28-10-11-30-32(23-28)45(24-34(46)44-17-20-50-21-18-44)37(29-14-19-51-25-29)36(30)27-6-3-2-4-7-27/h8-14,19,22-23,25,27H,2-7,15-18,20-21,24H2,1H3,(H,42,49)(H,47,48)/b13-9+. The summed E-state index contributed by atoms with van der Waals surface area (Å²) >= 11 is 0. The maximum Gasteiger partial charge on any atom is 0.328 e. The summed E-state index contributed by atoms with van der Waals surface area (Å²) in [5.41, 5.74) is 6.34. The molecule has 0 unspecified atom stereocenters. The predicted octanol–water partition coefficient (Wildman–Crippen LogP) is 6.60. The second-order valence-electron chi connectivity index (χ2n) is 14.2. The van der Waals surface area contributed by atoms with Crippen LogP contribution in [0.3, 0.4) is 0 Å². The van der Waals surface area contributed by atoms with E-state index in [9.17, 15) is 14.4 Å². The summed E-state index contributed by atoms with van der Waals surface area (Å²) < 4.78 is 15.2. The van der Waals surface area contributed by atoms with Gasteiger partial charge in [-0.2, -0.15) is 0 Å². The maximum absolute atomic E-state index is 14.3. The molecule has 3 aromatic heterocycles. The Morgan fingerprint density at radius 1 is 1.00 bits per heavy atom. The second kappa shape index (κ2) is 13.5. The average molecular weight is 690 g/mol. The van der Waals surface area contributed by atoms with Gasteiger partial charge in [0.25, 0.3) is 5.91 Å². The number of morpholine rings is 1. The number of fused-ring (bicyclic) bond motifs is 2. The Hall–Kier alpha value is -5.16. The number of aliphatic carboxylic acids is 1. The van der Waals surface area contributed by atoms with Crippen LogP contribution in [0.2, 0.25) is 0 Å². The molecule has 0 bridgehead atoms. The smallest absolute Gasteiger partial charge is 0.328 e. The van der Waals surface area contributed by atoms with Gasteiger partial charge in [0, 0.05) is 42.7 Å². The molecule has 2 aliphatic carbocycles. The molecule has 264 valence electrons. The average Bonchev–Trinajstić information content (AvgIpc) is 3.86. The van der Waals surface area contributed by atoms with Crippen LogP contribution in [-0.4, -0.2) is 68.2 Å². The number of carbonyl (C=O) groups excluding carboxylic acids is 2. The van der Waals surface area contributed by atoms with Crippen LogP contribution in [0.1, 0.15) is 84.6 Å².